The summed E-state index contributed by atoms with van der Waals surface area (Å²) >= 11 is 0. The third-order valence-electron chi connectivity index (χ3n) is 5.99. The number of nitrogens with zero attached hydrogens (tertiary/aromatic N) is 2. The van der Waals surface area contributed by atoms with Crippen molar-refractivity contribution in [3.63, 3.8) is 0 Å². The van der Waals surface area contributed by atoms with Crippen LogP contribution < -0.4 is 4.74 Å². The topological polar surface area (TPSA) is 106 Å². The minimum atomic E-state index is -4.60. The Morgan fingerprint density at radius 3 is 2.14 bits per heavy atom. The fraction of sp³-hybridized carbons (Fsp3) is 0.739. The minimum absolute atomic E-state index is 0.107. The van der Waals surface area contributed by atoms with Gasteiger partial charge in [-0.25, -0.2) is 18.2 Å². The van der Waals surface area contributed by atoms with Crippen LogP contribution in [0.25, 0.3) is 0 Å². The normalized spacial score (nSPS) is 18.5. The number of carbonyl (C=O) groups is 1. The van der Waals surface area contributed by atoms with Gasteiger partial charge in [-0.15, -0.1) is 0 Å². The number of hydrogen-bond acceptors (Lipinski definition) is 7. The predicted molar refractivity (Wildman–Crippen MR) is 123 cm³/mol. The molecule has 2 aliphatic rings. The predicted octanol–water partition coefficient (Wildman–Crippen LogP) is 4.43. The molecule has 1 aromatic rings. The molecule has 1 N–H and O–H groups in total. The molecule has 2 heterocycles. The van der Waals surface area contributed by atoms with Crippen molar-refractivity contribution in [2.75, 3.05) is 19.3 Å². The number of piperidine rings is 1. The lowest BCUT2D eigenvalue weighted by Gasteiger charge is -2.33. The summed E-state index contributed by atoms with van der Waals surface area (Å²) in [6.07, 6.45) is 1.91. The SMILES string of the molecule is CC(C)(OC(=O)N1CCC(O)CC1)C(F)(F)F.Cc1nc(S(C)(=O)=O)ccc1OC1CCCCC1. The average Bonchev–Trinajstić information content (AvgIpc) is 2.75. The lowest BCUT2D eigenvalue weighted by molar-refractivity contribution is -0.246. The first-order chi connectivity index (χ1) is 16.1. The van der Waals surface area contributed by atoms with E-state index in [4.69, 9.17) is 4.74 Å². The number of aromatic nitrogens is 1. The van der Waals surface area contributed by atoms with Crippen molar-refractivity contribution in [3.8, 4) is 5.75 Å². The van der Waals surface area contributed by atoms with Gasteiger partial charge >= 0.3 is 12.3 Å². The molecule has 1 aliphatic carbocycles. The van der Waals surface area contributed by atoms with Crippen molar-refractivity contribution in [2.24, 2.45) is 0 Å². The number of rotatable bonds is 4. The van der Waals surface area contributed by atoms with Gasteiger partial charge in [0.1, 0.15) is 5.75 Å². The van der Waals surface area contributed by atoms with Crippen LogP contribution in [0.15, 0.2) is 17.2 Å². The number of carbonyl (C=O) groups excluding carboxylic acids is 1. The number of sulfone groups is 1. The molecule has 200 valence electrons. The van der Waals surface area contributed by atoms with Gasteiger partial charge in [-0.3, -0.25) is 0 Å². The van der Waals surface area contributed by atoms with E-state index in [0.29, 0.717) is 24.3 Å². The van der Waals surface area contributed by atoms with E-state index in [-0.39, 0.29) is 24.2 Å². The number of likely N-dealkylation sites (tertiary alicyclic amines) is 1. The van der Waals surface area contributed by atoms with Gasteiger partial charge < -0.3 is 19.5 Å². The van der Waals surface area contributed by atoms with E-state index >= 15 is 0 Å². The molecule has 8 nitrogen and oxygen atoms in total. The number of aliphatic hydroxyl groups is 1. The van der Waals surface area contributed by atoms with E-state index in [1.54, 1.807) is 13.0 Å². The lowest BCUT2D eigenvalue weighted by atomic mass is 9.98. The highest BCUT2D eigenvalue weighted by molar-refractivity contribution is 7.90. The maximum atomic E-state index is 12.5. The molecule has 12 heteroatoms. The van der Waals surface area contributed by atoms with Crippen molar-refractivity contribution in [1.82, 2.24) is 9.88 Å². The zero-order valence-corrected chi connectivity index (χ0v) is 21.4. The van der Waals surface area contributed by atoms with E-state index in [9.17, 15) is 31.5 Å². The number of hydrogen-bond donors (Lipinski definition) is 1. The molecule has 0 spiro atoms. The molecule has 0 bridgehead atoms. The van der Waals surface area contributed by atoms with Gasteiger partial charge in [0, 0.05) is 19.3 Å². The Kier molecular flexibility index (Phi) is 9.80. The number of amides is 1. The van der Waals surface area contributed by atoms with Gasteiger partial charge in [0.25, 0.3) is 0 Å². The number of halogens is 3. The summed E-state index contributed by atoms with van der Waals surface area (Å²) in [4.78, 5) is 16.8. The molecule has 0 radical (unpaired) electrons. The molecular weight excluding hydrogens is 489 g/mol. The Labute approximate surface area is 204 Å². The monoisotopic (exact) mass is 524 g/mol. The third-order valence-corrected chi connectivity index (χ3v) is 6.97. The second-order valence-corrected chi connectivity index (χ2v) is 11.4. The van der Waals surface area contributed by atoms with E-state index in [1.807, 2.05) is 0 Å². The second-order valence-electron chi connectivity index (χ2n) is 9.48. The third kappa shape index (κ3) is 8.82. The molecule has 35 heavy (non-hydrogen) atoms. The summed E-state index contributed by atoms with van der Waals surface area (Å²) in [5.74, 6) is 0.703. The van der Waals surface area contributed by atoms with Gasteiger partial charge in [-0.2, -0.15) is 13.2 Å². The number of ether oxygens (including phenoxy) is 2. The summed E-state index contributed by atoms with van der Waals surface area (Å²) in [5.41, 5.74) is -1.86. The van der Waals surface area contributed by atoms with Crippen molar-refractivity contribution >= 4 is 15.9 Å². The number of aryl methyl sites for hydroxylation is 1. The second kappa shape index (κ2) is 11.8. The Balaban J connectivity index is 0.000000247. The summed E-state index contributed by atoms with van der Waals surface area (Å²) in [5, 5.41) is 9.32. The van der Waals surface area contributed by atoms with Gasteiger partial charge in [0.05, 0.1) is 17.9 Å². The molecule has 1 amide bonds. The molecule has 0 unspecified atom stereocenters. The van der Waals surface area contributed by atoms with Crippen LogP contribution in [-0.4, -0.2) is 72.8 Å². The van der Waals surface area contributed by atoms with Crippen molar-refractivity contribution in [1.29, 1.82) is 0 Å². The molecular formula is C23H35F3N2O6S. The number of alkyl halides is 3. The zero-order valence-electron chi connectivity index (χ0n) is 20.6. The van der Waals surface area contributed by atoms with Gasteiger partial charge in [0.15, 0.2) is 14.9 Å². The van der Waals surface area contributed by atoms with Crippen LogP contribution in [0.1, 0.15) is 64.5 Å². The Morgan fingerprint density at radius 2 is 1.66 bits per heavy atom. The molecule has 0 aromatic carbocycles. The van der Waals surface area contributed by atoms with Gasteiger partial charge in [0.2, 0.25) is 5.60 Å². The standard InChI is InChI=1S/C13H19NO3S.C10H16F3NO3/c1-10-12(17-11-6-4-3-5-7-11)8-9-13(14-10)18(2,15)16;1-9(2,10(11,12)13)17-8(16)14-5-3-7(15)4-6-14/h8-9,11H,3-7H2,1-2H3;7,15H,3-6H2,1-2H3. The van der Waals surface area contributed by atoms with Crippen LogP contribution in [0.5, 0.6) is 5.75 Å². The van der Waals surface area contributed by atoms with Gasteiger partial charge in [-0.1, -0.05) is 6.42 Å². The first-order valence-corrected chi connectivity index (χ1v) is 13.6. The fourth-order valence-corrected chi connectivity index (χ4v) is 4.23. The van der Waals surface area contributed by atoms with Crippen LogP contribution >= 0.6 is 0 Å². The van der Waals surface area contributed by atoms with Crippen LogP contribution in [0.2, 0.25) is 0 Å². The smallest absolute Gasteiger partial charge is 0.427 e. The summed E-state index contributed by atoms with van der Waals surface area (Å²) in [7, 11) is -3.24. The van der Waals surface area contributed by atoms with Crippen LogP contribution in [-0.2, 0) is 14.6 Å². The van der Waals surface area contributed by atoms with E-state index in [1.165, 1.54) is 30.2 Å². The quantitative estimate of drug-likeness (QED) is 0.621. The van der Waals surface area contributed by atoms with E-state index in [2.05, 4.69) is 9.72 Å². The highest BCUT2D eigenvalue weighted by Crippen LogP contribution is 2.33. The zero-order chi connectivity index (χ0) is 26.4. The molecule has 1 saturated heterocycles. The molecule has 0 atom stereocenters. The van der Waals surface area contributed by atoms with Crippen molar-refractivity contribution in [3.05, 3.63) is 17.8 Å². The summed E-state index contributed by atoms with van der Waals surface area (Å²) in [6, 6.07) is 3.23. The summed E-state index contributed by atoms with van der Waals surface area (Å²) in [6.45, 7) is 3.84. The fourth-order valence-electron chi connectivity index (χ4n) is 3.61. The molecule has 3 rings (SSSR count). The van der Waals surface area contributed by atoms with Crippen LogP contribution in [0.3, 0.4) is 0 Å². The first kappa shape index (κ1) is 29.2. The van der Waals surface area contributed by atoms with Crippen molar-refractivity contribution < 1.29 is 41.0 Å². The van der Waals surface area contributed by atoms with Crippen LogP contribution in [0, 0.1) is 6.92 Å². The molecule has 1 saturated carbocycles. The summed E-state index contributed by atoms with van der Waals surface area (Å²) < 4.78 is 70.6. The van der Waals surface area contributed by atoms with Gasteiger partial charge in [-0.05, 0) is 71.4 Å². The Bertz CT molecular complexity index is 954. The average molecular weight is 525 g/mol. The highest BCUT2D eigenvalue weighted by Gasteiger charge is 2.51. The maximum Gasteiger partial charge on any atom is 0.427 e. The maximum absolute atomic E-state index is 12.5. The van der Waals surface area contributed by atoms with E-state index < -0.39 is 33.8 Å². The largest absolute Gasteiger partial charge is 0.489 e. The molecule has 1 aliphatic heterocycles. The lowest BCUT2D eigenvalue weighted by Crippen LogP contribution is -2.48. The molecule has 2 fully saturated rings. The Morgan fingerprint density at radius 1 is 1.09 bits per heavy atom. The van der Waals surface area contributed by atoms with Crippen molar-refractivity contribution in [2.45, 2.75) is 94.7 Å². The van der Waals surface area contributed by atoms with E-state index in [0.717, 1.165) is 32.9 Å². The number of pyridine rings is 1. The van der Waals surface area contributed by atoms with Crippen LogP contribution in [0.4, 0.5) is 18.0 Å². The minimum Gasteiger partial charge on any atom is -0.489 e. The number of aliphatic hydroxyl groups excluding tert-OH is 1. The Hall–Kier alpha value is -2.08. The highest BCUT2D eigenvalue weighted by atomic mass is 32.2. The first-order valence-electron chi connectivity index (χ1n) is 11.7. The molecule has 1 aromatic heterocycles.